The summed E-state index contributed by atoms with van der Waals surface area (Å²) in [5, 5.41) is 19.1. The van der Waals surface area contributed by atoms with Crippen LogP contribution >= 0.6 is 0 Å². The molecule has 2 aromatic carbocycles. The molecule has 6 heteroatoms. The fourth-order valence-electron chi connectivity index (χ4n) is 2.64. The van der Waals surface area contributed by atoms with Crippen LogP contribution in [0.4, 0.5) is 0 Å². The van der Waals surface area contributed by atoms with Crippen molar-refractivity contribution < 1.29 is 19.8 Å². The second-order valence-electron chi connectivity index (χ2n) is 5.51. The number of fused-ring (bicyclic) bond motifs is 2. The highest BCUT2D eigenvalue weighted by atomic mass is 16.4. The van der Waals surface area contributed by atoms with Gasteiger partial charge in [0.15, 0.2) is 0 Å². The summed E-state index contributed by atoms with van der Waals surface area (Å²) in [5.41, 5.74) is 2.91. The van der Waals surface area contributed by atoms with E-state index in [1.807, 2.05) is 48.5 Å². The largest absolute Gasteiger partial charge is 0.481 e. The maximum absolute atomic E-state index is 10.7. The second-order valence-corrected chi connectivity index (χ2v) is 5.51. The zero-order chi connectivity index (χ0) is 17.8. The number of rotatable bonds is 3. The minimum Gasteiger partial charge on any atom is -0.481 e. The Morgan fingerprint density at radius 2 is 1.60 bits per heavy atom. The molecular formula is C19H16N2O4. The van der Waals surface area contributed by atoms with Gasteiger partial charge < -0.3 is 20.2 Å². The average molecular weight is 336 g/mol. The van der Waals surface area contributed by atoms with Gasteiger partial charge in [-0.1, -0.05) is 36.4 Å². The van der Waals surface area contributed by atoms with E-state index in [0.29, 0.717) is 5.56 Å². The van der Waals surface area contributed by atoms with Crippen molar-refractivity contribution >= 4 is 33.7 Å². The van der Waals surface area contributed by atoms with Crippen LogP contribution in [0.1, 0.15) is 16.1 Å². The first-order valence-electron chi connectivity index (χ1n) is 7.62. The molecule has 25 heavy (non-hydrogen) atoms. The fourth-order valence-corrected chi connectivity index (χ4v) is 2.64. The summed E-state index contributed by atoms with van der Waals surface area (Å²) in [4.78, 5) is 27.0. The molecule has 0 atom stereocenters. The van der Waals surface area contributed by atoms with Crippen molar-refractivity contribution in [3.8, 4) is 0 Å². The average Bonchev–Trinajstić information content (AvgIpc) is 3.17. The second kappa shape index (κ2) is 6.92. The number of aromatic amines is 2. The van der Waals surface area contributed by atoms with E-state index in [4.69, 9.17) is 10.2 Å². The van der Waals surface area contributed by atoms with Gasteiger partial charge in [-0.3, -0.25) is 4.79 Å². The molecular weight excluding hydrogens is 320 g/mol. The van der Waals surface area contributed by atoms with Crippen LogP contribution in [0.2, 0.25) is 0 Å². The monoisotopic (exact) mass is 336 g/mol. The van der Waals surface area contributed by atoms with Crippen LogP contribution in [0.25, 0.3) is 21.8 Å². The lowest BCUT2D eigenvalue weighted by Crippen LogP contribution is -1.99. The summed E-state index contributed by atoms with van der Waals surface area (Å²) >= 11 is 0. The van der Waals surface area contributed by atoms with Crippen LogP contribution in [-0.4, -0.2) is 32.1 Å². The zero-order valence-corrected chi connectivity index (χ0v) is 13.2. The molecule has 126 valence electrons. The summed E-state index contributed by atoms with van der Waals surface area (Å²) in [6.07, 6.45) is 1.56. The number of para-hydroxylation sites is 2. The Hall–Kier alpha value is -3.54. The number of carboxylic acid groups (broad SMARTS) is 2. The van der Waals surface area contributed by atoms with Crippen LogP contribution in [0, 0.1) is 0 Å². The molecule has 4 rings (SSSR count). The Kier molecular flexibility index (Phi) is 4.52. The highest BCUT2D eigenvalue weighted by Crippen LogP contribution is 2.17. The summed E-state index contributed by atoms with van der Waals surface area (Å²) < 4.78 is 0. The van der Waals surface area contributed by atoms with Crippen molar-refractivity contribution in [1.82, 2.24) is 9.97 Å². The van der Waals surface area contributed by atoms with Crippen molar-refractivity contribution in [3.63, 3.8) is 0 Å². The Labute approximate surface area is 142 Å². The van der Waals surface area contributed by atoms with E-state index in [-0.39, 0.29) is 6.42 Å². The van der Waals surface area contributed by atoms with Crippen LogP contribution < -0.4 is 0 Å². The Bertz CT molecular complexity index is 1010. The minimum atomic E-state index is -0.896. The van der Waals surface area contributed by atoms with Crippen LogP contribution in [0.5, 0.6) is 0 Å². The lowest BCUT2D eigenvalue weighted by Gasteiger charge is -1.89. The van der Waals surface area contributed by atoms with Gasteiger partial charge in [0.25, 0.3) is 0 Å². The van der Waals surface area contributed by atoms with E-state index >= 15 is 0 Å². The van der Waals surface area contributed by atoms with Gasteiger partial charge in [0.05, 0.1) is 12.0 Å². The van der Waals surface area contributed by atoms with Gasteiger partial charge in [0.1, 0.15) is 0 Å². The highest BCUT2D eigenvalue weighted by molar-refractivity contribution is 6.03. The number of hydrogen-bond acceptors (Lipinski definition) is 2. The number of aliphatic carboxylic acids is 1. The maximum Gasteiger partial charge on any atom is 0.337 e. The number of aromatic carboxylic acids is 1. The van der Waals surface area contributed by atoms with Gasteiger partial charge in [0, 0.05) is 28.3 Å². The molecule has 2 aromatic heterocycles. The molecule has 0 fully saturated rings. The molecule has 0 aliphatic heterocycles. The standard InChI is InChI=1S/C10H9NO2.C9H7NO2/c12-10(13)6-8-5-7-3-1-2-4-9(7)11-8;11-9(12)7-5-10-8-4-2-1-3-6(7)8/h1-5,11H,6H2,(H,12,13);1-5,10H,(H,11,12). The molecule has 6 nitrogen and oxygen atoms in total. The number of carbonyl (C=O) groups is 2. The summed E-state index contributed by atoms with van der Waals surface area (Å²) in [6, 6.07) is 16.9. The molecule has 0 spiro atoms. The van der Waals surface area contributed by atoms with Crippen molar-refractivity contribution in [2.24, 2.45) is 0 Å². The highest BCUT2D eigenvalue weighted by Gasteiger charge is 2.08. The summed E-state index contributed by atoms with van der Waals surface area (Å²) in [7, 11) is 0. The lowest BCUT2D eigenvalue weighted by atomic mass is 10.2. The van der Waals surface area contributed by atoms with Crippen LogP contribution in [-0.2, 0) is 11.2 Å². The van der Waals surface area contributed by atoms with Crippen molar-refractivity contribution in [2.75, 3.05) is 0 Å². The van der Waals surface area contributed by atoms with E-state index in [9.17, 15) is 9.59 Å². The topological polar surface area (TPSA) is 106 Å². The molecule has 2 heterocycles. The number of carboxylic acids is 2. The normalized spacial score (nSPS) is 10.4. The molecule has 0 aliphatic rings. The third kappa shape index (κ3) is 3.69. The van der Waals surface area contributed by atoms with E-state index in [0.717, 1.165) is 27.5 Å². The smallest absolute Gasteiger partial charge is 0.337 e. The molecule has 0 saturated carbocycles. The van der Waals surface area contributed by atoms with Gasteiger partial charge in [-0.25, -0.2) is 4.79 Å². The van der Waals surface area contributed by atoms with E-state index in [2.05, 4.69) is 9.97 Å². The van der Waals surface area contributed by atoms with E-state index < -0.39 is 11.9 Å². The Morgan fingerprint density at radius 3 is 2.28 bits per heavy atom. The molecule has 0 aliphatic carbocycles. The molecule has 4 aromatic rings. The first-order chi connectivity index (χ1) is 12.0. The molecule has 4 N–H and O–H groups in total. The number of benzene rings is 2. The van der Waals surface area contributed by atoms with Crippen LogP contribution in [0.3, 0.4) is 0 Å². The molecule has 0 saturated heterocycles. The number of aromatic nitrogens is 2. The predicted molar refractivity (Wildman–Crippen MR) is 94.9 cm³/mol. The fraction of sp³-hybridized carbons (Fsp3) is 0.0526. The molecule has 0 radical (unpaired) electrons. The number of H-pyrrole nitrogens is 2. The van der Waals surface area contributed by atoms with Gasteiger partial charge in [-0.2, -0.15) is 0 Å². The van der Waals surface area contributed by atoms with Crippen LogP contribution in [0.15, 0.2) is 60.8 Å². The summed E-state index contributed by atoms with van der Waals surface area (Å²) in [6.45, 7) is 0. The Balaban J connectivity index is 0.000000146. The lowest BCUT2D eigenvalue weighted by molar-refractivity contribution is -0.136. The quantitative estimate of drug-likeness (QED) is 0.458. The van der Waals surface area contributed by atoms with Gasteiger partial charge in [-0.15, -0.1) is 0 Å². The van der Waals surface area contributed by atoms with Gasteiger partial charge >= 0.3 is 11.9 Å². The van der Waals surface area contributed by atoms with E-state index in [1.54, 1.807) is 6.07 Å². The number of nitrogens with one attached hydrogen (secondary N) is 2. The SMILES string of the molecule is O=C(O)Cc1cc2ccccc2[nH]1.O=C(O)c1c[nH]c2ccccc12. The predicted octanol–water partition coefficient (Wildman–Crippen LogP) is 3.66. The first-order valence-corrected chi connectivity index (χ1v) is 7.62. The van der Waals surface area contributed by atoms with Crippen molar-refractivity contribution in [2.45, 2.75) is 6.42 Å². The minimum absolute atomic E-state index is 0.0503. The van der Waals surface area contributed by atoms with Gasteiger partial charge in [-0.05, 0) is 23.6 Å². The third-order valence-corrected chi connectivity index (χ3v) is 3.75. The maximum atomic E-state index is 10.7. The Morgan fingerprint density at radius 1 is 0.920 bits per heavy atom. The van der Waals surface area contributed by atoms with Gasteiger partial charge in [0.2, 0.25) is 0 Å². The molecule has 0 amide bonds. The zero-order valence-electron chi connectivity index (χ0n) is 13.2. The van der Waals surface area contributed by atoms with E-state index in [1.165, 1.54) is 6.20 Å². The third-order valence-electron chi connectivity index (χ3n) is 3.75. The van der Waals surface area contributed by atoms with Crippen molar-refractivity contribution in [3.05, 3.63) is 72.1 Å². The molecule has 0 bridgehead atoms. The van der Waals surface area contributed by atoms with Crippen molar-refractivity contribution in [1.29, 1.82) is 0 Å². The number of hydrogen-bond donors (Lipinski definition) is 4. The molecule has 0 unspecified atom stereocenters. The first kappa shape index (κ1) is 16.3. The summed E-state index contributed by atoms with van der Waals surface area (Å²) in [5.74, 6) is -1.71.